The van der Waals surface area contributed by atoms with Crippen molar-refractivity contribution < 1.29 is 14.7 Å². The van der Waals surface area contributed by atoms with Crippen molar-refractivity contribution in [3.05, 3.63) is 11.6 Å². The van der Waals surface area contributed by atoms with Crippen molar-refractivity contribution >= 4 is 11.6 Å². The van der Waals surface area contributed by atoms with Crippen LogP contribution in [0.1, 0.15) is 65.2 Å². The standard InChI is InChI=1S/C22H32O3/c1-3-13-11-19-18-6-4-14-10-15(24)5-7-16(14)17(18)8-9-22(19,2)21(13)20(25)12-23/h10,13,16-19,21,23H,3-9,11-12H2,1-2H3/t13-,16+,17?,18?,19?,21-,22+/m1/s1. The Morgan fingerprint density at radius 3 is 2.76 bits per heavy atom. The number of carbonyl (C=O) groups is 2. The molecule has 4 rings (SSSR count). The highest BCUT2D eigenvalue weighted by Crippen LogP contribution is 2.65. The van der Waals surface area contributed by atoms with E-state index < -0.39 is 0 Å². The van der Waals surface area contributed by atoms with Crippen LogP contribution < -0.4 is 0 Å². The van der Waals surface area contributed by atoms with E-state index in [-0.39, 0.29) is 23.7 Å². The summed E-state index contributed by atoms with van der Waals surface area (Å²) in [5.74, 6) is 3.56. The second kappa shape index (κ2) is 6.33. The third kappa shape index (κ3) is 2.57. The van der Waals surface area contributed by atoms with Gasteiger partial charge in [-0.2, -0.15) is 0 Å². The van der Waals surface area contributed by atoms with E-state index in [1.54, 1.807) is 0 Å². The summed E-state index contributed by atoms with van der Waals surface area (Å²) in [7, 11) is 0. The van der Waals surface area contributed by atoms with Gasteiger partial charge >= 0.3 is 0 Å². The number of hydrogen-bond acceptors (Lipinski definition) is 3. The number of Topliss-reactive ketones (excluding diaryl/α,β-unsaturated/α-hetero) is 1. The molecule has 138 valence electrons. The summed E-state index contributed by atoms with van der Waals surface area (Å²) < 4.78 is 0. The lowest BCUT2D eigenvalue weighted by molar-refractivity contribution is -0.133. The molecule has 0 aromatic rings. The minimum Gasteiger partial charge on any atom is -0.389 e. The maximum atomic E-state index is 12.6. The molecule has 0 spiro atoms. The first kappa shape index (κ1) is 17.5. The maximum Gasteiger partial charge on any atom is 0.162 e. The molecule has 4 aliphatic rings. The quantitative estimate of drug-likeness (QED) is 0.843. The summed E-state index contributed by atoms with van der Waals surface area (Å²) in [5, 5.41) is 9.54. The minimum atomic E-state index is -0.296. The molecule has 7 atom stereocenters. The normalized spacial score (nSPS) is 46.0. The maximum absolute atomic E-state index is 12.6. The minimum absolute atomic E-state index is 0.0540. The molecule has 4 aliphatic carbocycles. The van der Waals surface area contributed by atoms with Crippen LogP contribution in [0.15, 0.2) is 11.6 Å². The van der Waals surface area contributed by atoms with Crippen molar-refractivity contribution in [3.8, 4) is 0 Å². The topological polar surface area (TPSA) is 54.4 Å². The molecular weight excluding hydrogens is 312 g/mol. The van der Waals surface area contributed by atoms with E-state index in [1.165, 1.54) is 18.4 Å². The SMILES string of the molecule is CC[C@@H]1CC2C3CCC4=CC(=O)CC[C@@H]4C3CC[C@]2(C)[C@H]1C(=O)CO. The molecule has 1 N–H and O–H groups in total. The number of hydrogen-bond donors (Lipinski definition) is 1. The van der Waals surface area contributed by atoms with E-state index in [0.717, 1.165) is 38.5 Å². The summed E-state index contributed by atoms with van der Waals surface area (Å²) in [6, 6.07) is 0. The first-order valence-electron chi connectivity index (χ1n) is 10.4. The predicted octanol–water partition coefficient (Wildman–Crippen LogP) is 3.94. The van der Waals surface area contributed by atoms with Crippen LogP contribution in [0, 0.1) is 40.9 Å². The molecule has 0 heterocycles. The van der Waals surface area contributed by atoms with E-state index in [4.69, 9.17) is 0 Å². The van der Waals surface area contributed by atoms with Crippen LogP contribution in [0.3, 0.4) is 0 Å². The Kier molecular flexibility index (Phi) is 4.42. The molecular formula is C22H32O3. The summed E-state index contributed by atoms with van der Waals surface area (Å²) >= 11 is 0. The predicted molar refractivity (Wildman–Crippen MR) is 96.8 cm³/mol. The van der Waals surface area contributed by atoms with Gasteiger partial charge in [-0.3, -0.25) is 9.59 Å². The lowest BCUT2D eigenvalue weighted by Crippen LogP contribution is -2.48. The average Bonchev–Trinajstić information content (AvgIpc) is 2.93. The van der Waals surface area contributed by atoms with Gasteiger partial charge in [0.1, 0.15) is 6.61 Å². The first-order valence-corrected chi connectivity index (χ1v) is 10.4. The van der Waals surface area contributed by atoms with Crippen LogP contribution in [0.4, 0.5) is 0 Å². The zero-order chi connectivity index (χ0) is 17.8. The Morgan fingerprint density at radius 2 is 2.04 bits per heavy atom. The van der Waals surface area contributed by atoms with Crippen LogP contribution >= 0.6 is 0 Å². The Balaban J connectivity index is 1.64. The number of allylic oxidation sites excluding steroid dienone is 1. The van der Waals surface area contributed by atoms with Crippen LogP contribution in [0.5, 0.6) is 0 Å². The highest BCUT2D eigenvalue weighted by molar-refractivity contribution is 5.91. The summed E-state index contributed by atoms with van der Waals surface area (Å²) in [6.07, 6.45) is 10.5. The van der Waals surface area contributed by atoms with Gasteiger partial charge < -0.3 is 5.11 Å². The Morgan fingerprint density at radius 1 is 1.24 bits per heavy atom. The molecule has 25 heavy (non-hydrogen) atoms. The molecule has 0 radical (unpaired) electrons. The van der Waals surface area contributed by atoms with E-state index in [9.17, 15) is 14.7 Å². The third-order valence-corrected chi connectivity index (χ3v) is 8.50. The van der Waals surface area contributed by atoms with Gasteiger partial charge in [0.15, 0.2) is 11.6 Å². The van der Waals surface area contributed by atoms with Gasteiger partial charge in [-0.25, -0.2) is 0 Å². The molecule has 3 fully saturated rings. The molecule has 0 aromatic carbocycles. The fourth-order valence-corrected chi connectivity index (χ4v) is 7.49. The van der Waals surface area contributed by atoms with Gasteiger partial charge in [0.05, 0.1) is 0 Å². The molecule has 0 aromatic heterocycles. The number of ketones is 2. The summed E-state index contributed by atoms with van der Waals surface area (Å²) in [4.78, 5) is 24.4. The van der Waals surface area contributed by atoms with E-state index in [2.05, 4.69) is 13.8 Å². The molecule has 0 amide bonds. The molecule has 0 bridgehead atoms. The molecule has 0 aliphatic heterocycles. The molecule has 0 saturated heterocycles. The van der Waals surface area contributed by atoms with Crippen molar-refractivity contribution in [1.82, 2.24) is 0 Å². The smallest absolute Gasteiger partial charge is 0.162 e. The molecule has 3 nitrogen and oxygen atoms in total. The highest BCUT2D eigenvalue weighted by atomic mass is 16.3. The number of rotatable bonds is 3. The largest absolute Gasteiger partial charge is 0.389 e. The number of fused-ring (bicyclic) bond motifs is 5. The summed E-state index contributed by atoms with van der Waals surface area (Å²) in [5.41, 5.74) is 1.50. The summed E-state index contributed by atoms with van der Waals surface area (Å²) in [6.45, 7) is 4.25. The van der Waals surface area contributed by atoms with Crippen LogP contribution in [-0.4, -0.2) is 23.3 Å². The van der Waals surface area contributed by atoms with Gasteiger partial charge in [-0.15, -0.1) is 0 Å². The number of carbonyl (C=O) groups excluding carboxylic acids is 2. The van der Waals surface area contributed by atoms with E-state index >= 15 is 0 Å². The van der Waals surface area contributed by atoms with Crippen molar-refractivity contribution in [2.45, 2.75) is 65.2 Å². The van der Waals surface area contributed by atoms with E-state index in [1.807, 2.05) is 6.08 Å². The first-order chi connectivity index (χ1) is 12.0. The van der Waals surface area contributed by atoms with Crippen LogP contribution in [-0.2, 0) is 9.59 Å². The fourth-order valence-electron chi connectivity index (χ4n) is 7.49. The van der Waals surface area contributed by atoms with Crippen LogP contribution in [0.2, 0.25) is 0 Å². The van der Waals surface area contributed by atoms with Gasteiger partial charge in [-0.05, 0) is 79.6 Å². The monoisotopic (exact) mass is 344 g/mol. The molecule has 3 saturated carbocycles. The van der Waals surface area contributed by atoms with Crippen molar-refractivity contribution in [2.75, 3.05) is 6.61 Å². The van der Waals surface area contributed by atoms with Crippen molar-refractivity contribution in [3.63, 3.8) is 0 Å². The van der Waals surface area contributed by atoms with Gasteiger partial charge in [0.25, 0.3) is 0 Å². The zero-order valence-electron chi connectivity index (χ0n) is 15.7. The Hall–Kier alpha value is -0.960. The van der Waals surface area contributed by atoms with Gasteiger partial charge in [-0.1, -0.05) is 25.8 Å². The van der Waals surface area contributed by atoms with Gasteiger partial charge in [0, 0.05) is 12.3 Å². The molecule has 3 unspecified atom stereocenters. The average molecular weight is 344 g/mol. The Bertz CT molecular complexity index is 606. The van der Waals surface area contributed by atoms with Crippen LogP contribution in [0.25, 0.3) is 0 Å². The fraction of sp³-hybridized carbons (Fsp3) is 0.818. The highest BCUT2D eigenvalue weighted by Gasteiger charge is 2.60. The third-order valence-electron chi connectivity index (χ3n) is 8.50. The second-order valence-corrected chi connectivity index (χ2v) is 9.35. The van der Waals surface area contributed by atoms with Crippen molar-refractivity contribution in [2.24, 2.45) is 40.9 Å². The van der Waals surface area contributed by atoms with Crippen molar-refractivity contribution in [1.29, 1.82) is 0 Å². The van der Waals surface area contributed by atoms with Gasteiger partial charge in [0.2, 0.25) is 0 Å². The lowest BCUT2D eigenvalue weighted by atomic mass is 9.51. The number of aliphatic hydroxyl groups is 1. The lowest BCUT2D eigenvalue weighted by Gasteiger charge is -2.53. The second-order valence-electron chi connectivity index (χ2n) is 9.35. The Labute approximate surface area is 151 Å². The molecule has 3 heteroatoms. The zero-order valence-corrected chi connectivity index (χ0v) is 15.7. The number of aliphatic hydroxyl groups excluding tert-OH is 1. The van der Waals surface area contributed by atoms with E-state index in [0.29, 0.717) is 35.4 Å².